The third-order valence-electron chi connectivity index (χ3n) is 4.88. The summed E-state index contributed by atoms with van der Waals surface area (Å²) in [5.74, 6) is -0.981. The Hall–Kier alpha value is -3.15. The molecule has 0 bridgehead atoms. The zero-order valence-corrected chi connectivity index (χ0v) is 22.0. The number of ether oxygens (including phenoxy) is 4. The van der Waals surface area contributed by atoms with Crippen LogP contribution in [0.4, 0.5) is 5.69 Å². The molecule has 0 atom stereocenters. The van der Waals surface area contributed by atoms with Crippen LogP contribution in [0.3, 0.4) is 0 Å². The Kier molecular flexibility index (Phi) is 8.71. The van der Waals surface area contributed by atoms with Crippen LogP contribution >= 0.6 is 39.7 Å². The van der Waals surface area contributed by atoms with Crippen molar-refractivity contribution in [3.63, 3.8) is 0 Å². The van der Waals surface area contributed by atoms with E-state index in [-0.39, 0.29) is 29.7 Å². The highest BCUT2D eigenvalue weighted by molar-refractivity contribution is 9.10. The van der Waals surface area contributed by atoms with Gasteiger partial charge >= 0.3 is 11.9 Å². The summed E-state index contributed by atoms with van der Waals surface area (Å²) >= 11 is 15.0. The molecular weight excluding hydrogens is 564 g/mol. The summed E-state index contributed by atoms with van der Waals surface area (Å²) in [6, 6.07) is 9.77. The van der Waals surface area contributed by atoms with Crippen molar-refractivity contribution in [3.8, 4) is 11.5 Å². The van der Waals surface area contributed by atoms with Gasteiger partial charge in [0, 0.05) is 9.50 Å². The molecule has 0 spiro atoms. The van der Waals surface area contributed by atoms with Crippen LogP contribution in [0.15, 0.2) is 46.6 Å². The number of hydrogen-bond acceptors (Lipinski definition) is 8. The normalized spacial score (nSPS) is 14.4. The van der Waals surface area contributed by atoms with E-state index >= 15 is 0 Å². The van der Waals surface area contributed by atoms with Gasteiger partial charge in [0.25, 0.3) is 5.91 Å². The number of hydrogen-bond donors (Lipinski definition) is 0. The molecule has 3 rings (SSSR count). The summed E-state index contributed by atoms with van der Waals surface area (Å²) in [4.78, 5) is 39.7. The van der Waals surface area contributed by atoms with Gasteiger partial charge in [-0.05, 0) is 60.3 Å². The van der Waals surface area contributed by atoms with Crippen LogP contribution in [0, 0.1) is 0 Å². The molecule has 0 N–H and O–H groups in total. The van der Waals surface area contributed by atoms with Crippen molar-refractivity contribution >= 4 is 74.5 Å². The van der Waals surface area contributed by atoms with Crippen LogP contribution in [0.1, 0.15) is 5.56 Å². The van der Waals surface area contributed by atoms with Crippen LogP contribution in [-0.2, 0) is 23.9 Å². The summed E-state index contributed by atoms with van der Waals surface area (Å²) in [5.41, 5.74) is 1.17. The van der Waals surface area contributed by atoms with Gasteiger partial charge in [-0.2, -0.15) is 0 Å². The molecule has 1 amide bonds. The van der Waals surface area contributed by atoms with Crippen LogP contribution in [0.5, 0.6) is 11.5 Å². The largest absolute Gasteiger partial charge is 0.493 e. The first-order valence-corrected chi connectivity index (χ1v) is 11.5. The molecule has 2 aromatic rings. The topological polar surface area (TPSA) is 94.6 Å². The Morgan fingerprint density at radius 1 is 1.06 bits per heavy atom. The van der Waals surface area contributed by atoms with E-state index in [1.165, 1.54) is 31.1 Å². The highest BCUT2D eigenvalue weighted by atomic mass is 79.9. The van der Waals surface area contributed by atoms with Gasteiger partial charge in [0.2, 0.25) is 0 Å². The third kappa shape index (κ3) is 5.92. The Morgan fingerprint density at radius 2 is 1.71 bits per heavy atom. The minimum Gasteiger partial charge on any atom is -0.493 e. The quantitative estimate of drug-likeness (QED) is 0.261. The maximum Gasteiger partial charge on any atom is 0.343 e. The fraction of sp³-hybridized carbons (Fsp3) is 0.217. The lowest BCUT2D eigenvalue weighted by atomic mass is 10.1. The second-order valence-corrected chi connectivity index (χ2v) is 8.64. The standard InChI is InChI=1S/C23H20BrClN2O7S/c1-31-18-9-13(16(24)10-19(18)34-12-21(29)33-3)8-17-22(30)27(15-6-4-14(25)5-7-15)23(35)26(17)11-20(28)32-2/h4-10H,11-12H2,1-3H3/b17-8-. The predicted molar refractivity (Wildman–Crippen MR) is 136 cm³/mol. The summed E-state index contributed by atoms with van der Waals surface area (Å²) in [6.07, 6.45) is 1.56. The molecule has 35 heavy (non-hydrogen) atoms. The molecule has 1 heterocycles. The van der Waals surface area contributed by atoms with E-state index in [4.69, 9.17) is 38.0 Å². The average molecular weight is 584 g/mol. The van der Waals surface area contributed by atoms with Gasteiger partial charge in [-0.15, -0.1) is 0 Å². The van der Waals surface area contributed by atoms with E-state index in [1.807, 2.05) is 0 Å². The lowest BCUT2D eigenvalue weighted by Gasteiger charge is -2.19. The number of amides is 1. The van der Waals surface area contributed by atoms with E-state index in [0.717, 1.165) is 0 Å². The summed E-state index contributed by atoms with van der Waals surface area (Å²) in [6.45, 7) is -0.582. The predicted octanol–water partition coefficient (Wildman–Crippen LogP) is 3.81. The molecule has 2 aromatic carbocycles. The number of anilines is 1. The number of rotatable bonds is 8. The van der Waals surface area contributed by atoms with Crippen LogP contribution in [0.2, 0.25) is 5.02 Å². The fourth-order valence-corrected chi connectivity index (χ4v) is 4.04. The fourth-order valence-electron chi connectivity index (χ4n) is 3.12. The first-order chi connectivity index (χ1) is 16.7. The number of esters is 2. The number of carbonyl (C=O) groups excluding carboxylic acids is 3. The van der Waals surface area contributed by atoms with Crippen molar-refractivity contribution in [2.45, 2.75) is 0 Å². The lowest BCUT2D eigenvalue weighted by Crippen LogP contribution is -2.35. The highest BCUT2D eigenvalue weighted by Crippen LogP contribution is 2.36. The van der Waals surface area contributed by atoms with Crippen LogP contribution < -0.4 is 14.4 Å². The summed E-state index contributed by atoms with van der Waals surface area (Å²) < 4.78 is 20.8. The van der Waals surface area contributed by atoms with Crippen molar-refractivity contribution in [1.82, 2.24) is 4.90 Å². The van der Waals surface area contributed by atoms with E-state index < -0.39 is 17.8 Å². The summed E-state index contributed by atoms with van der Waals surface area (Å²) in [5, 5.41) is 0.606. The Labute approximate surface area is 220 Å². The van der Waals surface area contributed by atoms with Gasteiger partial charge in [0.1, 0.15) is 12.2 Å². The maximum absolute atomic E-state index is 13.4. The van der Waals surface area contributed by atoms with Gasteiger partial charge in [0.05, 0.1) is 27.0 Å². The molecule has 0 aliphatic carbocycles. The molecule has 1 aliphatic heterocycles. The monoisotopic (exact) mass is 582 g/mol. The van der Waals surface area contributed by atoms with E-state index in [1.54, 1.807) is 42.5 Å². The minimum absolute atomic E-state index is 0.107. The van der Waals surface area contributed by atoms with Crippen molar-refractivity contribution in [2.75, 3.05) is 39.4 Å². The minimum atomic E-state index is -0.577. The molecule has 1 fully saturated rings. The molecular formula is C23H20BrClN2O7S. The number of methoxy groups -OCH3 is 3. The third-order valence-corrected chi connectivity index (χ3v) is 6.22. The second kappa shape index (κ2) is 11.5. The zero-order valence-electron chi connectivity index (χ0n) is 18.9. The number of carbonyl (C=O) groups is 3. The van der Waals surface area contributed by atoms with Gasteiger partial charge < -0.3 is 23.8 Å². The van der Waals surface area contributed by atoms with Gasteiger partial charge in [0.15, 0.2) is 23.2 Å². The SMILES string of the molecule is COC(=O)COc1cc(Br)c(/C=C2/C(=O)N(c3ccc(Cl)cc3)C(=S)N2CC(=O)OC)cc1OC. The van der Waals surface area contributed by atoms with Gasteiger partial charge in [-0.1, -0.05) is 27.5 Å². The molecule has 1 aliphatic rings. The Morgan fingerprint density at radius 3 is 2.31 bits per heavy atom. The van der Waals surface area contributed by atoms with Crippen molar-refractivity contribution in [2.24, 2.45) is 0 Å². The van der Waals surface area contributed by atoms with Crippen molar-refractivity contribution in [1.29, 1.82) is 0 Å². The molecule has 184 valence electrons. The average Bonchev–Trinajstić information content (AvgIpc) is 3.07. The van der Waals surface area contributed by atoms with Crippen molar-refractivity contribution < 1.29 is 33.3 Å². The van der Waals surface area contributed by atoms with Crippen LogP contribution in [0.25, 0.3) is 6.08 Å². The second-order valence-electron chi connectivity index (χ2n) is 6.98. The molecule has 9 nitrogen and oxygen atoms in total. The Balaban J connectivity index is 2.04. The lowest BCUT2D eigenvalue weighted by molar-refractivity contribution is -0.143. The maximum atomic E-state index is 13.4. The smallest absolute Gasteiger partial charge is 0.343 e. The van der Waals surface area contributed by atoms with Crippen LogP contribution in [-0.4, -0.2) is 62.3 Å². The van der Waals surface area contributed by atoms with Gasteiger partial charge in [-0.25, -0.2) is 4.79 Å². The highest BCUT2D eigenvalue weighted by Gasteiger charge is 2.40. The summed E-state index contributed by atoms with van der Waals surface area (Å²) in [7, 11) is 3.94. The number of halogens is 2. The first-order valence-electron chi connectivity index (χ1n) is 9.97. The molecule has 12 heteroatoms. The Bertz CT molecular complexity index is 1200. The molecule has 0 saturated carbocycles. The first kappa shape index (κ1) is 26.5. The molecule has 1 saturated heterocycles. The van der Waals surface area contributed by atoms with E-state index in [2.05, 4.69) is 20.7 Å². The number of nitrogens with zero attached hydrogens (tertiary/aromatic N) is 2. The van der Waals surface area contributed by atoms with E-state index in [9.17, 15) is 14.4 Å². The van der Waals surface area contributed by atoms with Gasteiger partial charge in [-0.3, -0.25) is 14.5 Å². The van der Waals surface area contributed by atoms with E-state index in [0.29, 0.717) is 26.5 Å². The van der Waals surface area contributed by atoms with Crippen molar-refractivity contribution in [3.05, 3.63) is 57.2 Å². The molecule has 0 aromatic heterocycles. The molecule has 0 radical (unpaired) electrons. The number of benzene rings is 2. The zero-order chi connectivity index (χ0) is 25.7. The number of thiocarbonyl (C=S) groups is 1. The molecule has 0 unspecified atom stereocenters.